The van der Waals surface area contributed by atoms with E-state index in [0.29, 0.717) is 17.7 Å². The molecule has 0 unspecified atom stereocenters. The highest BCUT2D eigenvalue weighted by molar-refractivity contribution is 5.83. The number of benzene rings is 1. The molecule has 1 aromatic rings. The smallest absolute Gasteiger partial charge is 0.331 e. The summed E-state index contributed by atoms with van der Waals surface area (Å²) in [7, 11) is 0. The largest absolute Gasteiger partial charge is 0.448 e. The summed E-state index contributed by atoms with van der Waals surface area (Å²) in [4.78, 5) is 21.0. The van der Waals surface area contributed by atoms with Crippen LogP contribution in [0.4, 0.5) is 14.5 Å². The van der Waals surface area contributed by atoms with E-state index in [1.807, 2.05) is 0 Å². The van der Waals surface area contributed by atoms with Gasteiger partial charge in [0, 0.05) is 18.2 Å². The summed E-state index contributed by atoms with van der Waals surface area (Å²) >= 11 is 0. The highest BCUT2D eigenvalue weighted by Crippen LogP contribution is 2.28. The maximum Gasteiger partial charge on any atom is 0.331 e. The van der Waals surface area contributed by atoms with Crippen LogP contribution < -0.4 is 0 Å². The first-order chi connectivity index (χ1) is 9.38. The standard InChI is InChI=1S/C13H9F2NO4/c14-13(15)7-6-12(17)20-11(13)5-4-9-2-1-3-10(8-9)16(18)19/h1-8,11H/b5-4+/t11-/m1/s1. The van der Waals surface area contributed by atoms with Crippen LogP contribution in [0.3, 0.4) is 0 Å². The fourth-order valence-corrected chi connectivity index (χ4v) is 1.63. The van der Waals surface area contributed by atoms with Crippen molar-refractivity contribution in [1.82, 2.24) is 0 Å². The summed E-state index contributed by atoms with van der Waals surface area (Å²) in [6.45, 7) is 0. The van der Waals surface area contributed by atoms with Crippen LogP contribution >= 0.6 is 0 Å². The maximum absolute atomic E-state index is 13.4. The second-order valence-electron chi connectivity index (χ2n) is 4.08. The number of carbonyl (C=O) groups is 1. The number of alkyl halides is 2. The zero-order valence-corrected chi connectivity index (χ0v) is 10.0. The number of hydrogen-bond acceptors (Lipinski definition) is 4. The average molecular weight is 281 g/mol. The van der Waals surface area contributed by atoms with Crippen LogP contribution in [0, 0.1) is 10.1 Å². The lowest BCUT2D eigenvalue weighted by Gasteiger charge is -2.24. The lowest BCUT2D eigenvalue weighted by Crippen LogP contribution is -2.37. The van der Waals surface area contributed by atoms with Gasteiger partial charge in [0.2, 0.25) is 0 Å². The van der Waals surface area contributed by atoms with Gasteiger partial charge in [-0.1, -0.05) is 18.2 Å². The molecule has 0 spiro atoms. The van der Waals surface area contributed by atoms with Crippen molar-refractivity contribution in [3.63, 3.8) is 0 Å². The molecule has 0 N–H and O–H groups in total. The number of rotatable bonds is 3. The zero-order valence-electron chi connectivity index (χ0n) is 10.0. The Morgan fingerprint density at radius 2 is 2.15 bits per heavy atom. The zero-order chi connectivity index (χ0) is 14.8. The maximum atomic E-state index is 13.4. The van der Waals surface area contributed by atoms with Gasteiger partial charge in [-0.25, -0.2) is 4.79 Å². The number of cyclic esters (lactones) is 1. The van der Waals surface area contributed by atoms with Gasteiger partial charge in [0.05, 0.1) is 4.92 Å². The van der Waals surface area contributed by atoms with Crippen molar-refractivity contribution in [2.24, 2.45) is 0 Å². The van der Waals surface area contributed by atoms with Crippen molar-refractivity contribution >= 4 is 17.7 Å². The van der Waals surface area contributed by atoms with Crippen LogP contribution in [0.5, 0.6) is 0 Å². The van der Waals surface area contributed by atoms with E-state index in [-0.39, 0.29) is 5.69 Å². The quantitative estimate of drug-likeness (QED) is 0.485. The molecular formula is C13H9F2NO4. The van der Waals surface area contributed by atoms with Gasteiger partial charge in [-0.3, -0.25) is 10.1 Å². The van der Waals surface area contributed by atoms with E-state index >= 15 is 0 Å². The molecule has 0 saturated carbocycles. The molecule has 0 aromatic heterocycles. The lowest BCUT2D eigenvalue weighted by atomic mass is 10.1. The molecule has 1 heterocycles. The van der Waals surface area contributed by atoms with Crippen molar-refractivity contribution in [2.45, 2.75) is 12.0 Å². The van der Waals surface area contributed by atoms with Crippen LogP contribution in [-0.4, -0.2) is 22.9 Å². The van der Waals surface area contributed by atoms with E-state index in [1.165, 1.54) is 30.3 Å². The summed E-state index contributed by atoms with van der Waals surface area (Å²) < 4.78 is 31.4. The van der Waals surface area contributed by atoms with E-state index in [1.54, 1.807) is 0 Å². The third-order valence-corrected chi connectivity index (χ3v) is 2.61. The van der Waals surface area contributed by atoms with Gasteiger partial charge in [-0.05, 0) is 17.7 Å². The molecule has 104 valence electrons. The number of non-ortho nitro benzene ring substituents is 1. The van der Waals surface area contributed by atoms with Gasteiger partial charge in [0.15, 0.2) is 6.10 Å². The molecule has 2 rings (SSSR count). The fourth-order valence-electron chi connectivity index (χ4n) is 1.63. The van der Waals surface area contributed by atoms with Gasteiger partial charge in [0.25, 0.3) is 5.69 Å². The molecule has 0 amide bonds. The number of esters is 1. The predicted molar refractivity (Wildman–Crippen MR) is 66.1 cm³/mol. The minimum Gasteiger partial charge on any atom is -0.448 e. The average Bonchev–Trinajstić information content (AvgIpc) is 2.40. The summed E-state index contributed by atoms with van der Waals surface area (Å²) in [6.07, 6.45) is 1.66. The minimum absolute atomic E-state index is 0.153. The lowest BCUT2D eigenvalue weighted by molar-refractivity contribution is -0.384. The highest BCUT2D eigenvalue weighted by atomic mass is 19.3. The minimum atomic E-state index is -3.30. The second kappa shape index (κ2) is 5.20. The molecule has 5 nitrogen and oxygen atoms in total. The molecule has 1 aliphatic heterocycles. The molecule has 0 fully saturated rings. The van der Waals surface area contributed by atoms with Crippen LogP contribution in [0.2, 0.25) is 0 Å². The molecule has 0 saturated heterocycles. The Bertz CT molecular complexity index is 610. The molecule has 7 heteroatoms. The molecule has 20 heavy (non-hydrogen) atoms. The Balaban J connectivity index is 2.21. The van der Waals surface area contributed by atoms with Crippen LogP contribution in [0.15, 0.2) is 42.5 Å². The molecule has 1 aliphatic rings. The highest BCUT2D eigenvalue weighted by Gasteiger charge is 2.41. The van der Waals surface area contributed by atoms with Gasteiger partial charge in [0.1, 0.15) is 0 Å². The van der Waals surface area contributed by atoms with Crippen molar-refractivity contribution in [3.8, 4) is 0 Å². The third kappa shape index (κ3) is 3.05. The Labute approximate surface area is 112 Å². The number of ether oxygens (including phenoxy) is 1. The van der Waals surface area contributed by atoms with E-state index in [9.17, 15) is 23.7 Å². The molecule has 1 atom stereocenters. The summed E-state index contributed by atoms with van der Waals surface area (Å²) in [6, 6.07) is 5.47. The molecule has 0 aliphatic carbocycles. The monoisotopic (exact) mass is 281 g/mol. The third-order valence-electron chi connectivity index (χ3n) is 2.61. The van der Waals surface area contributed by atoms with Gasteiger partial charge >= 0.3 is 11.9 Å². The van der Waals surface area contributed by atoms with Gasteiger partial charge < -0.3 is 4.74 Å². The van der Waals surface area contributed by atoms with Crippen molar-refractivity contribution in [3.05, 3.63) is 58.2 Å². The number of nitro benzene ring substituents is 1. The number of hydrogen-bond donors (Lipinski definition) is 0. The number of nitro groups is 1. The SMILES string of the molecule is O=C1C=CC(F)(F)[C@@H](/C=C/c2cccc([N+](=O)[O-])c2)O1. The summed E-state index contributed by atoms with van der Waals surface area (Å²) in [5, 5.41) is 10.6. The van der Waals surface area contributed by atoms with E-state index in [0.717, 1.165) is 6.08 Å². The fraction of sp³-hybridized carbons (Fsp3) is 0.154. The molecule has 0 bridgehead atoms. The Morgan fingerprint density at radius 1 is 1.40 bits per heavy atom. The Morgan fingerprint density at radius 3 is 2.85 bits per heavy atom. The van der Waals surface area contributed by atoms with Crippen molar-refractivity contribution in [2.75, 3.05) is 0 Å². The normalized spacial score (nSPS) is 20.9. The summed E-state index contributed by atoms with van der Waals surface area (Å²) in [5.41, 5.74) is 0.208. The molecular weight excluding hydrogens is 272 g/mol. The number of carbonyl (C=O) groups excluding carboxylic acids is 1. The van der Waals surface area contributed by atoms with E-state index in [4.69, 9.17) is 0 Å². The second-order valence-corrected chi connectivity index (χ2v) is 4.08. The van der Waals surface area contributed by atoms with Gasteiger partial charge in [-0.15, -0.1) is 0 Å². The first-order valence-electron chi connectivity index (χ1n) is 5.59. The van der Waals surface area contributed by atoms with Gasteiger partial charge in [-0.2, -0.15) is 8.78 Å². The number of halogens is 2. The van der Waals surface area contributed by atoms with E-state index < -0.39 is 22.9 Å². The van der Waals surface area contributed by atoms with Crippen LogP contribution in [0.1, 0.15) is 5.56 Å². The molecule has 0 radical (unpaired) electrons. The van der Waals surface area contributed by atoms with Crippen LogP contribution in [0.25, 0.3) is 6.08 Å². The number of nitrogens with zero attached hydrogens (tertiary/aromatic N) is 1. The topological polar surface area (TPSA) is 69.4 Å². The Kier molecular flexibility index (Phi) is 3.60. The Hall–Kier alpha value is -2.57. The van der Waals surface area contributed by atoms with Crippen molar-refractivity contribution in [1.29, 1.82) is 0 Å². The summed E-state index contributed by atoms with van der Waals surface area (Å²) in [5.74, 6) is -4.16. The van der Waals surface area contributed by atoms with Crippen LogP contribution in [-0.2, 0) is 9.53 Å². The van der Waals surface area contributed by atoms with E-state index in [2.05, 4.69) is 4.74 Å². The first-order valence-corrected chi connectivity index (χ1v) is 5.59. The molecule has 1 aromatic carbocycles. The first kappa shape index (κ1) is 13.9. The predicted octanol–water partition coefficient (Wildman–Crippen LogP) is 2.72. The van der Waals surface area contributed by atoms with Crippen molar-refractivity contribution < 1.29 is 23.2 Å².